The number of aryl methyl sites for hydroxylation is 2. The van der Waals surface area contributed by atoms with Crippen LogP contribution in [0.5, 0.6) is 0 Å². The monoisotopic (exact) mass is 255 g/mol. The number of rotatable bonds is 3. The third-order valence-corrected chi connectivity index (χ3v) is 4.04. The topological polar surface area (TPSA) is 29.9 Å². The molecule has 3 nitrogen and oxygen atoms in total. The summed E-state index contributed by atoms with van der Waals surface area (Å²) in [4.78, 5) is 0. The zero-order valence-corrected chi connectivity index (χ0v) is 11.6. The van der Waals surface area contributed by atoms with Crippen molar-refractivity contribution in [1.82, 2.24) is 15.1 Å². The van der Waals surface area contributed by atoms with Crippen molar-refractivity contribution in [2.24, 2.45) is 7.05 Å². The van der Waals surface area contributed by atoms with E-state index in [1.54, 1.807) is 0 Å². The van der Waals surface area contributed by atoms with Gasteiger partial charge in [-0.3, -0.25) is 4.68 Å². The van der Waals surface area contributed by atoms with E-state index in [0.29, 0.717) is 6.04 Å². The molecule has 2 rings (SSSR count). The summed E-state index contributed by atoms with van der Waals surface area (Å²) in [6.45, 7) is 3.24. The van der Waals surface area contributed by atoms with Gasteiger partial charge in [-0.25, -0.2) is 0 Å². The van der Waals surface area contributed by atoms with Crippen LogP contribution in [0.4, 0.5) is 0 Å². The molecule has 0 radical (unpaired) electrons. The van der Waals surface area contributed by atoms with E-state index < -0.39 is 0 Å². The van der Waals surface area contributed by atoms with Crippen LogP contribution in [0, 0.1) is 0 Å². The SMILES string of the molecule is CCc1nn(C)c(CC2CCCCCN2)c1Cl. The molecule has 1 N–H and O–H groups in total. The summed E-state index contributed by atoms with van der Waals surface area (Å²) in [5.41, 5.74) is 2.21. The predicted octanol–water partition coefficient (Wildman–Crippen LogP) is 2.71. The van der Waals surface area contributed by atoms with Gasteiger partial charge in [-0.2, -0.15) is 5.10 Å². The van der Waals surface area contributed by atoms with Crippen LogP contribution in [-0.2, 0) is 19.9 Å². The smallest absolute Gasteiger partial charge is 0.0850 e. The Hall–Kier alpha value is -0.540. The number of halogens is 1. The van der Waals surface area contributed by atoms with Crippen molar-refractivity contribution in [1.29, 1.82) is 0 Å². The molecule has 0 aromatic carbocycles. The van der Waals surface area contributed by atoms with E-state index in [1.165, 1.54) is 31.4 Å². The second-order valence-electron chi connectivity index (χ2n) is 4.89. The molecule has 1 saturated heterocycles. The third-order valence-electron chi connectivity index (χ3n) is 3.61. The van der Waals surface area contributed by atoms with Crippen molar-refractivity contribution in [2.45, 2.75) is 51.5 Å². The van der Waals surface area contributed by atoms with Gasteiger partial charge in [0.05, 0.1) is 16.4 Å². The molecule has 0 spiro atoms. The first-order valence-corrected chi connectivity index (χ1v) is 7.03. The van der Waals surface area contributed by atoms with E-state index in [4.69, 9.17) is 11.6 Å². The van der Waals surface area contributed by atoms with Gasteiger partial charge in [0.2, 0.25) is 0 Å². The van der Waals surface area contributed by atoms with Crippen LogP contribution in [0.1, 0.15) is 44.0 Å². The summed E-state index contributed by atoms with van der Waals surface area (Å²) in [5.74, 6) is 0. The van der Waals surface area contributed by atoms with Gasteiger partial charge in [-0.05, 0) is 25.8 Å². The van der Waals surface area contributed by atoms with Crippen LogP contribution >= 0.6 is 11.6 Å². The summed E-state index contributed by atoms with van der Waals surface area (Å²) < 4.78 is 1.95. The maximum Gasteiger partial charge on any atom is 0.0850 e. The lowest BCUT2D eigenvalue weighted by Crippen LogP contribution is -2.31. The first-order chi connectivity index (χ1) is 8.22. The lowest BCUT2D eigenvalue weighted by molar-refractivity contribution is 0.492. The molecule has 17 heavy (non-hydrogen) atoms. The van der Waals surface area contributed by atoms with Crippen LogP contribution in [0.15, 0.2) is 0 Å². The normalized spacial score (nSPS) is 21.5. The largest absolute Gasteiger partial charge is 0.314 e. The number of aromatic nitrogens is 2. The second kappa shape index (κ2) is 5.87. The summed E-state index contributed by atoms with van der Waals surface area (Å²) >= 11 is 6.38. The standard InChI is InChI=1S/C13H22ClN3/c1-3-11-13(14)12(17(2)16-11)9-10-7-5-4-6-8-15-10/h10,15H,3-9H2,1-2H3. The molecule has 1 aliphatic rings. The van der Waals surface area contributed by atoms with E-state index in [0.717, 1.165) is 30.1 Å². The summed E-state index contributed by atoms with van der Waals surface area (Å²) in [5, 5.41) is 8.96. The van der Waals surface area contributed by atoms with Crippen LogP contribution in [-0.4, -0.2) is 22.4 Å². The minimum atomic E-state index is 0.565. The van der Waals surface area contributed by atoms with Gasteiger partial charge >= 0.3 is 0 Å². The summed E-state index contributed by atoms with van der Waals surface area (Å²) in [6.07, 6.45) is 7.14. The highest BCUT2D eigenvalue weighted by Crippen LogP contribution is 2.23. The zero-order chi connectivity index (χ0) is 12.3. The van der Waals surface area contributed by atoms with Crippen LogP contribution in [0.2, 0.25) is 5.02 Å². The summed E-state index contributed by atoms with van der Waals surface area (Å²) in [6, 6.07) is 0.565. The van der Waals surface area contributed by atoms with Crippen LogP contribution in [0.25, 0.3) is 0 Å². The Labute approximate surface area is 109 Å². The number of hydrogen-bond donors (Lipinski definition) is 1. The van der Waals surface area contributed by atoms with Crippen molar-refractivity contribution >= 4 is 11.6 Å². The van der Waals surface area contributed by atoms with Gasteiger partial charge in [-0.15, -0.1) is 0 Å². The van der Waals surface area contributed by atoms with E-state index in [2.05, 4.69) is 17.3 Å². The molecule has 1 aliphatic heterocycles. The molecule has 1 unspecified atom stereocenters. The Morgan fingerprint density at radius 1 is 1.41 bits per heavy atom. The molecule has 0 aliphatic carbocycles. The molecule has 1 aromatic heterocycles. The molecule has 1 atom stereocenters. The average Bonchev–Trinajstić information content (AvgIpc) is 2.53. The molecule has 1 fully saturated rings. The highest BCUT2D eigenvalue weighted by atomic mass is 35.5. The van der Waals surface area contributed by atoms with Gasteiger partial charge in [0.25, 0.3) is 0 Å². The quantitative estimate of drug-likeness (QED) is 0.900. The van der Waals surface area contributed by atoms with Crippen molar-refractivity contribution in [2.75, 3.05) is 6.54 Å². The van der Waals surface area contributed by atoms with Gasteiger partial charge < -0.3 is 5.32 Å². The Kier molecular flexibility index (Phi) is 4.46. The molecule has 4 heteroatoms. The third kappa shape index (κ3) is 3.02. The van der Waals surface area contributed by atoms with E-state index in [9.17, 15) is 0 Å². The molecular weight excluding hydrogens is 234 g/mol. The minimum absolute atomic E-state index is 0.565. The fourth-order valence-corrected chi connectivity index (χ4v) is 2.92. The zero-order valence-electron chi connectivity index (χ0n) is 10.8. The Morgan fingerprint density at radius 3 is 2.94 bits per heavy atom. The Bertz CT molecular complexity index is 365. The fourth-order valence-electron chi connectivity index (χ4n) is 2.55. The lowest BCUT2D eigenvalue weighted by atomic mass is 10.1. The van der Waals surface area contributed by atoms with E-state index in [-0.39, 0.29) is 0 Å². The van der Waals surface area contributed by atoms with Gasteiger partial charge in [0, 0.05) is 19.5 Å². The van der Waals surface area contributed by atoms with Crippen molar-refractivity contribution < 1.29 is 0 Å². The molecule has 1 aromatic rings. The number of hydrogen-bond acceptors (Lipinski definition) is 2. The summed E-state index contributed by atoms with van der Waals surface area (Å²) in [7, 11) is 2.00. The molecule has 96 valence electrons. The van der Waals surface area contributed by atoms with Gasteiger partial charge in [0.1, 0.15) is 0 Å². The van der Waals surface area contributed by atoms with Gasteiger partial charge in [-0.1, -0.05) is 31.4 Å². The maximum absolute atomic E-state index is 6.38. The second-order valence-corrected chi connectivity index (χ2v) is 5.27. The van der Waals surface area contributed by atoms with Crippen LogP contribution < -0.4 is 5.32 Å². The van der Waals surface area contributed by atoms with Crippen molar-refractivity contribution in [3.8, 4) is 0 Å². The number of nitrogens with zero attached hydrogens (tertiary/aromatic N) is 2. The first-order valence-electron chi connectivity index (χ1n) is 6.66. The number of nitrogens with one attached hydrogen (secondary N) is 1. The lowest BCUT2D eigenvalue weighted by Gasteiger charge is -2.15. The Balaban J connectivity index is 2.09. The van der Waals surface area contributed by atoms with E-state index >= 15 is 0 Å². The highest BCUT2D eigenvalue weighted by molar-refractivity contribution is 6.31. The van der Waals surface area contributed by atoms with Crippen LogP contribution in [0.3, 0.4) is 0 Å². The first kappa shape index (κ1) is 12.9. The van der Waals surface area contributed by atoms with E-state index in [1.807, 2.05) is 11.7 Å². The predicted molar refractivity (Wildman–Crippen MR) is 71.6 cm³/mol. The molecule has 0 bridgehead atoms. The highest BCUT2D eigenvalue weighted by Gasteiger charge is 2.18. The fraction of sp³-hybridized carbons (Fsp3) is 0.769. The van der Waals surface area contributed by atoms with Gasteiger partial charge in [0.15, 0.2) is 0 Å². The average molecular weight is 256 g/mol. The van der Waals surface area contributed by atoms with Crippen molar-refractivity contribution in [3.63, 3.8) is 0 Å². The molecule has 0 amide bonds. The molecule has 0 saturated carbocycles. The molecular formula is C13H22ClN3. The minimum Gasteiger partial charge on any atom is -0.314 e. The molecule has 2 heterocycles. The Morgan fingerprint density at radius 2 is 2.24 bits per heavy atom. The maximum atomic E-state index is 6.38. The van der Waals surface area contributed by atoms with Crippen molar-refractivity contribution in [3.05, 3.63) is 16.4 Å².